The number of furan rings is 1. The third kappa shape index (κ3) is 2.84. The summed E-state index contributed by atoms with van der Waals surface area (Å²) in [7, 11) is 2.15. The van der Waals surface area contributed by atoms with Crippen molar-refractivity contribution in [1.82, 2.24) is 9.80 Å². The molecule has 0 radical (unpaired) electrons. The average Bonchev–Trinajstić information content (AvgIpc) is 2.82. The monoisotopic (exact) mass is 224 g/mol. The van der Waals surface area contributed by atoms with Crippen molar-refractivity contribution in [1.29, 1.82) is 0 Å². The largest absolute Gasteiger partial charge is 0.469 e. The number of nitrogens with zero attached hydrogens (tertiary/aromatic N) is 2. The van der Waals surface area contributed by atoms with Crippen LogP contribution in [-0.2, 0) is 0 Å². The van der Waals surface area contributed by atoms with Gasteiger partial charge in [-0.3, -0.25) is 4.90 Å². The second kappa shape index (κ2) is 5.48. The second-order valence-electron chi connectivity index (χ2n) is 4.50. The van der Waals surface area contributed by atoms with Crippen molar-refractivity contribution in [2.24, 2.45) is 0 Å². The highest BCUT2D eigenvalue weighted by molar-refractivity contribution is 5.06. The fourth-order valence-electron chi connectivity index (χ4n) is 2.10. The molecule has 0 amide bonds. The molecular weight excluding hydrogens is 204 g/mol. The van der Waals surface area contributed by atoms with E-state index in [0.29, 0.717) is 0 Å². The van der Waals surface area contributed by atoms with E-state index in [4.69, 9.17) is 4.42 Å². The van der Waals surface area contributed by atoms with Crippen LogP contribution in [0.15, 0.2) is 22.8 Å². The Balaban J connectivity index is 1.87. The molecule has 1 N–H and O–H groups in total. The molecule has 2 heterocycles. The molecule has 1 aliphatic rings. The molecule has 4 nitrogen and oxygen atoms in total. The minimum absolute atomic E-state index is 0.110. The summed E-state index contributed by atoms with van der Waals surface area (Å²) in [4.78, 5) is 4.72. The Hall–Kier alpha value is -0.840. The van der Waals surface area contributed by atoms with E-state index in [0.717, 1.165) is 38.5 Å². The third-order valence-corrected chi connectivity index (χ3v) is 3.24. The highest BCUT2D eigenvalue weighted by Crippen LogP contribution is 2.17. The Kier molecular flexibility index (Phi) is 3.98. The topological polar surface area (TPSA) is 39.9 Å². The molecule has 2 rings (SSSR count). The molecule has 1 saturated heterocycles. The lowest BCUT2D eigenvalue weighted by Gasteiger charge is -2.33. The van der Waals surface area contributed by atoms with Crippen LogP contribution >= 0.6 is 0 Å². The lowest BCUT2D eigenvalue weighted by molar-refractivity contribution is 0.127. The second-order valence-corrected chi connectivity index (χ2v) is 4.50. The Morgan fingerprint density at radius 2 is 2.12 bits per heavy atom. The van der Waals surface area contributed by atoms with Gasteiger partial charge in [-0.15, -0.1) is 0 Å². The zero-order chi connectivity index (χ0) is 11.4. The molecular formula is C12H20N2O2. The summed E-state index contributed by atoms with van der Waals surface area (Å²) in [6, 6.07) is 3.82. The van der Waals surface area contributed by atoms with Gasteiger partial charge in [-0.1, -0.05) is 0 Å². The van der Waals surface area contributed by atoms with Crippen LogP contribution in [0.1, 0.15) is 11.7 Å². The van der Waals surface area contributed by atoms with E-state index in [2.05, 4.69) is 16.8 Å². The molecule has 90 valence electrons. The van der Waals surface area contributed by atoms with Crippen LogP contribution < -0.4 is 0 Å². The van der Waals surface area contributed by atoms with Crippen LogP contribution in [0.25, 0.3) is 0 Å². The summed E-state index contributed by atoms with van der Waals surface area (Å²) in [6.07, 6.45) is 1.67. The number of rotatable bonds is 4. The standard InChI is InChI=1S/C12H20N2O2/c1-13-4-6-14(7-5-13)9-11(10-15)12-3-2-8-16-12/h2-3,8,11,15H,4-7,9-10H2,1H3. The van der Waals surface area contributed by atoms with Crippen LogP contribution in [0, 0.1) is 0 Å². The first-order valence-corrected chi connectivity index (χ1v) is 5.84. The maximum absolute atomic E-state index is 9.38. The highest BCUT2D eigenvalue weighted by atomic mass is 16.3. The Morgan fingerprint density at radius 1 is 1.38 bits per heavy atom. The predicted molar refractivity (Wildman–Crippen MR) is 62.5 cm³/mol. The SMILES string of the molecule is CN1CCN(CC(CO)c2ccco2)CC1. The number of hydrogen-bond donors (Lipinski definition) is 1. The summed E-state index contributed by atoms with van der Waals surface area (Å²) < 4.78 is 5.35. The van der Waals surface area contributed by atoms with Gasteiger partial charge < -0.3 is 14.4 Å². The van der Waals surface area contributed by atoms with Crippen molar-refractivity contribution in [3.05, 3.63) is 24.2 Å². The van der Waals surface area contributed by atoms with E-state index in [1.807, 2.05) is 12.1 Å². The summed E-state index contributed by atoms with van der Waals surface area (Å²) >= 11 is 0. The third-order valence-electron chi connectivity index (χ3n) is 3.24. The molecule has 1 aromatic rings. The van der Waals surface area contributed by atoms with Gasteiger partial charge in [0.05, 0.1) is 18.8 Å². The summed E-state index contributed by atoms with van der Waals surface area (Å²) in [6.45, 7) is 5.41. The van der Waals surface area contributed by atoms with Crippen LogP contribution in [0.3, 0.4) is 0 Å². The molecule has 1 aromatic heterocycles. The average molecular weight is 224 g/mol. The van der Waals surface area contributed by atoms with E-state index in [1.165, 1.54) is 0 Å². The van der Waals surface area contributed by atoms with Crippen molar-refractivity contribution in [3.63, 3.8) is 0 Å². The van der Waals surface area contributed by atoms with Gasteiger partial charge in [0.15, 0.2) is 0 Å². The van der Waals surface area contributed by atoms with Crippen LogP contribution in [0.5, 0.6) is 0 Å². The zero-order valence-corrected chi connectivity index (χ0v) is 9.80. The van der Waals surface area contributed by atoms with Gasteiger partial charge in [-0.05, 0) is 19.2 Å². The van der Waals surface area contributed by atoms with Crippen LogP contribution in [0.4, 0.5) is 0 Å². The fourth-order valence-corrected chi connectivity index (χ4v) is 2.10. The minimum atomic E-state index is 0.110. The molecule has 4 heteroatoms. The van der Waals surface area contributed by atoms with Crippen molar-refractivity contribution in [2.45, 2.75) is 5.92 Å². The normalized spacial score (nSPS) is 21.1. The van der Waals surface area contributed by atoms with E-state index in [-0.39, 0.29) is 12.5 Å². The zero-order valence-electron chi connectivity index (χ0n) is 9.80. The number of aliphatic hydroxyl groups excluding tert-OH is 1. The van der Waals surface area contributed by atoms with Gasteiger partial charge in [0.25, 0.3) is 0 Å². The van der Waals surface area contributed by atoms with Crippen molar-refractivity contribution >= 4 is 0 Å². The molecule has 1 atom stereocenters. The maximum atomic E-state index is 9.38. The number of likely N-dealkylation sites (N-methyl/N-ethyl adjacent to an activating group) is 1. The maximum Gasteiger partial charge on any atom is 0.110 e. The van der Waals surface area contributed by atoms with Gasteiger partial charge in [0.2, 0.25) is 0 Å². The van der Waals surface area contributed by atoms with Gasteiger partial charge in [-0.25, -0.2) is 0 Å². The van der Waals surface area contributed by atoms with Crippen LogP contribution in [-0.4, -0.2) is 61.3 Å². The van der Waals surface area contributed by atoms with E-state index >= 15 is 0 Å². The highest BCUT2D eigenvalue weighted by Gasteiger charge is 2.20. The number of piperazine rings is 1. The van der Waals surface area contributed by atoms with E-state index < -0.39 is 0 Å². The molecule has 0 saturated carbocycles. The molecule has 0 aromatic carbocycles. The molecule has 0 aliphatic carbocycles. The number of aliphatic hydroxyl groups is 1. The first-order chi connectivity index (χ1) is 7.79. The van der Waals surface area contributed by atoms with Crippen molar-refractivity contribution < 1.29 is 9.52 Å². The molecule has 1 aliphatic heterocycles. The Labute approximate surface area is 96.5 Å². The molecule has 16 heavy (non-hydrogen) atoms. The fraction of sp³-hybridized carbons (Fsp3) is 0.667. The Bertz CT molecular complexity index is 292. The first-order valence-electron chi connectivity index (χ1n) is 5.84. The van der Waals surface area contributed by atoms with Crippen LogP contribution in [0.2, 0.25) is 0 Å². The van der Waals surface area contributed by atoms with Gasteiger partial charge >= 0.3 is 0 Å². The van der Waals surface area contributed by atoms with E-state index in [1.54, 1.807) is 6.26 Å². The van der Waals surface area contributed by atoms with Gasteiger partial charge in [0, 0.05) is 32.7 Å². The van der Waals surface area contributed by atoms with Crippen molar-refractivity contribution in [3.8, 4) is 0 Å². The summed E-state index contributed by atoms with van der Waals surface area (Å²) in [5.74, 6) is 1.000. The van der Waals surface area contributed by atoms with E-state index in [9.17, 15) is 5.11 Å². The minimum Gasteiger partial charge on any atom is -0.469 e. The molecule has 1 fully saturated rings. The summed E-state index contributed by atoms with van der Waals surface area (Å²) in [5.41, 5.74) is 0. The Morgan fingerprint density at radius 3 is 2.69 bits per heavy atom. The number of hydrogen-bond acceptors (Lipinski definition) is 4. The lowest BCUT2D eigenvalue weighted by Crippen LogP contribution is -2.46. The molecule has 0 spiro atoms. The van der Waals surface area contributed by atoms with Gasteiger partial charge in [-0.2, -0.15) is 0 Å². The van der Waals surface area contributed by atoms with Gasteiger partial charge in [0.1, 0.15) is 5.76 Å². The quantitative estimate of drug-likeness (QED) is 0.813. The smallest absolute Gasteiger partial charge is 0.110 e. The molecule has 0 bridgehead atoms. The lowest BCUT2D eigenvalue weighted by atomic mass is 10.1. The molecule has 1 unspecified atom stereocenters. The first kappa shape index (κ1) is 11.6. The van der Waals surface area contributed by atoms with Crippen molar-refractivity contribution in [2.75, 3.05) is 46.4 Å². The summed E-state index contributed by atoms with van der Waals surface area (Å²) in [5, 5.41) is 9.38. The predicted octanol–water partition coefficient (Wildman–Crippen LogP) is 0.603.